The van der Waals surface area contributed by atoms with E-state index < -0.39 is 0 Å². The van der Waals surface area contributed by atoms with Crippen molar-refractivity contribution in [1.29, 1.82) is 0 Å². The van der Waals surface area contributed by atoms with Crippen molar-refractivity contribution in [2.45, 2.75) is 12.8 Å². The first-order valence-corrected chi connectivity index (χ1v) is 8.84. The van der Waals surface area contributed by atoms with Crippen LogP contribution in [0.15, 0.2) is 59.1 Å². The average molecular weight is 389 g/mol. The molecule has 3 rings (SSSR count). The third kappa shape index (κ3) is 5.56. The molecular weight excluding hydrogens is 371 g/mol. The van der Waals surface area contributed by atoms with Crippen LogP contribution in [-0.4, -0.2) is 24.0 Å². The second-order valence-corrected chi connectivity index (χ2v) is 6.16. The fourth-order valence-corrected chi connectivity index (χ4v) is 2.64. The van der Waals surface area contributed by atoms with Gasteiger partial charge < -0.3 is 14.5 Å². The van der Waals surface area contributed by atoms with Crippen LogP contribution in [0.25, 0.3) is 11.3 Å². The molecule has 0 aliphatic heterocycles. The van der Waals surface area contributed by atoms with Crippen molar-refractivity contribution in [3.05, 3.63) is 71.5 Å². The van der Waals surface area contributed by atoms with Crippen molar-refractivity contribution in [1.82, 2.24) is 10.3 Å². The number of benzene rings is 2. The van der Waals surface area contributed by atoms with Gasteiger partial charge in [-0.1, -0.05) is 23.7 Å². The second-order valence-electron chi connectivity index (χ2n) is 5.75. The minimum atomic E-state index is -0.320. The van der Waals surface area contributed by atoms with Crippen LogP contribution in [0.2, 0.25) is 5.02 Å². The van der Waals surface area contributed by atoms with E-state index in [9.17, 15) is 9.18 Å². The van der Waals surface area contributed by atoms with Crippen molar-refractivity contribution in [2.24, 2.45) is 0 Å². The first kappa shape index (κ1) is 18.9. The Balaban J connectivity index is 1.39. The molecule has 0 aliphatic rings. The SMILES string of the molecule is O=C(CCc1ncc(-c2ccccc2Cl)o1)NCCOc1ccc(F)cc1. The lowest BCUT2D eigenvalue weighted by Crippen LogP contribution is -2.28. The Kier molecular flexibility index (Phi) is 6.44. The molecule has 0 saturated heterocycles. The van der Waals surface area contributed by atoms with Gasteiger partial charge in [0.25, 0.3) is 0 Å². The zero-order valence-electron chi connectivity index (χ0n) is 14.5. The van der Waals surface area contributed by atoms with E-state index in [1.54, 1.807) is 12.3 Å². The molecule has 1 amide bonds. The molecule has 0 atom stereocenters. The number of carbonyl (C=O) groups is 1. The Morgan fingerprint density at radius 1 is 1.19 bits per heavy atom. The standard InChI is InChI=1S/C20H18ClFN2O3/c21-17-4-2-1-3-16(17)18-13-24-20(27-18)10-9-19(25)23-11-12-26-15-7-5-14(22)6-8-15/h1-8,13H,9-12H2,(H,23,25). The number of nitrogens with zero attached hydrogens (tertiary/aromatic N) is 1. The molecule has 3 aromatic rings. The van der Waals surface area contributed by atoms with Crippen LogP contribution in [-0.2, 0) is 11.2 Å². The zero-order chi connectivity index (χ0) is 19.1. The molecule has 140 valence electrons. The van der Waals surface area contributed by atoms with Crippen molar-refractivity contribution in [3.63, 3.8) is 0 Å². The summed E-state index contributed by atoms with van der Waals surface area (Å²) in [7, 11) is 0. The van der Waals surface area contributed by atoms with E-state index in [0.29, 0.717) is 42.0 Å². The molecule has 0 unspecified atom stereocenters. The Hall–Kier alpha value is -2.86. The molecule has 1 aromatic heterocycles. The summed E-state index contributed by atoms with van der Waals surface area (Å²) in [4.78, 5) is 16.1. The predicted molar refractivity (Wildman–Crippen MR) is 100 cm³/mol. The molecule has 0 fully saturated rings. The van der Waals surface area contributed by atoms with Gasteiger partial charge in [-0.3, -0.25) is 4.79 Å². The van der Waals surface area contributed by atoms with Crippen LogP contribution >= 0.6 is 11.6 Å². The quantitative estimate of drug-likeness (QED) is 0.585. The van der Waals surface area contributed by atoms with E-state index in [1.165, 1.54) is 24.3 Å². The van der Waals surface area contributed by atoms with Gasteiger partial charge in [-0.2, -0.15) is 0 Å². The van der Waals surface area contributed by atoms with Gasteiger partial charge in [-0.25, -0.2) is 9.37 Å². The molecule has 0 radical (unpaired) electrons. The number of hydrogen-bond donors (Lipinski definition) is 1. The lowest BCUT2D eigenvalue weighted by molar-refractivity contribution is -0.121. The zero-order valence-corrected chi connectivity index (χ0v) is 15.2. The fourth-order valence-electron chi connectivity index (χ4n) is 2.41. The minimum absolute atomic E-state index is 0.129. The number of aryl methyl sites for hydroxylation is 1. The van der Waals surface area contributed by atoms with Gasteiger partial charge in [0.1, 0.15) is 18.2 Å². The highest BCUT2D eigenvalue weighted by molar-refractivity contribution is 6.33. The second kappa shape index (κ2) is 9.19. The Morgan fingerprint density at radius 2 is 1.96 bits per heavy atom. The first-order chi connectivity index (χ1) is 13.1. The molecule has 2 aromatic carbocycles. The molecule has 7 heteroatoms. The number of oxazole rings is 1. The third-order valence-corrected chi connectivity index (χ3v) is 4.09. The van der Waals surface area contributed by atoms with Crippen LogP contribution < -0.4 is 10.1 Å². The van der Waals surface area contributed by atoms with Crippen LogP contribution in [0.4, 0.5) is 4.39 Å². The average Bonchev–Trinajstić information content (AvgIpc) is 3.14. The lowest BCUT2D eigenvalue weighted by atomic mass is 10.2. The molecule has 5 nitrogen and oxygen atoms in total. The van der Waals surface area contributed by atoms with E-state index in [-0.39, 0.29) is 18.1 Å². The number of aromatic nitrogens is 1. The van der Waals surface area contributed by atoms with Gasteiger partial charge in [0.05, 0.1) is 17.8 Å². The highest BCUT2D eigenvalue weighted by Crippen LogP contribution is 2.28. The summed E-state index contributed by atoms with van der Waals surface area (Å²) >= 11 is 6.14. The van der Waals surface area contributed by atoms with Crippen molar-refractivity contribution < 1.29 is 18.3 Å². The number of halogens is 2. The topological polar surface area (TPSA) is 64.4 Å². The maximum absolute atomic E-state index is 12.8. The molecule has 0 saturated carbocycles. The third-order valence-electron chi connectivity index (χ3n) is 3.77. The number of rotatable bonds is 8. The Morgan fingerprint density at radius 3 is 2.74 bits per heavy atom. The van der Waals surface area contributed by atoms with E-state index >= 15 is 0 Å². The molecule has 0 aliphatic carbocycles. The number of amides is 1. The van der Waals surface area contributed by atoms with Crippen molar-refractivity contribution in [2.75, 3.05) is 13.2 Å². The van der Waals surface area contributed by atoms with Crippen molar-refractivity contribution >= 4 is 17.5 Å². The molecule has 0 bridgehead atoms. The highest BCUT2D eigenvalue weighted by atomic mass is 35.5. The van der Waals surface area contributed by atoms with Gasteiger partial charge in [-0.15, -0.1) is 0 Å². The summed E-state index contributed by atoms with van der Waals surface area (Å²) in [5.74, 6) is 1.15. The van der Waals surface area contributed by atoms with E-state index in [1.807, 2.05) is 18.2 Å². The van der Waals surface area contributed by atoms with Crippen LogP contribution in [0.3, 0.4) is 0 Å². The van der Waals surface area contributed by atoms with Gasteiger partial charge in [0.15, 0.2) is 11.7 Å². The Labute approximate surface area is 161 Å². The van der Waals surface area contributed by atoms with E-state index in [0.717, 1.165) is 5.56 Å². The van der Waals surface area contributed by atoms with Crippen LogP contribution in [0.1, 0.15) is 12.3 Å². The number of nitrogens with one attached hydrogen (secondary N) is 1. The van der Waals surface area contributed by atoms with Gasteiger partial charge in [-0.05, 0) is 36.4 Å². The molecule has 1 heterocycles. The maximum atomic E-state index is 12.8. The van der Waals surface area contributed by atoms with Gasteiger partial charge in [0, 0.05) is 18.4 Å². The lowest BCUT2D eigenvalue weighted by Gasteiger charge is -2.07. The van der Waals surface area contributed by atoms with Gasteiger partial charge in [0.2, 0.25) is 5.91 Å². The summed E-state index contributed by atoms with van der Waals surface area (Å²) in [6.45, 7) is 0.652. The largest absolute Gasteiger partial charge is 0.492 e. The van der Waals surface area contributed by atoms with Crippen LogP contribution in [0, 0.1) is 5.82 Å². The van der Waals surface area contributed by atoms with Crippen molar-refractivity contribution in [3.8, 4) is 17.1 Å². The molecular formula is C20H18ClFN2O3. The number of ether oxygens (including phenoxy) is 1. The monoisotopic (exact) mass is 388 g/mol. The number of hydrogen-bond acceptors (Lipinski definition) is 4. The number of carbonyl (C=O) groups excluding carboxylic acids is 1. The summed E-state index contributed by atoms with van der Waals surface area (Å²) < 4.78 is 23.9. The summed E-state index contributed by atoms with van der Waals surface area (Å²) in [6, 6.07) is 13.0. The summed E-state index contributed by atoms with van der Waals surface area (Å²) in [6.07, 6.45) is 2.24. The minimum Gasteiger partial charge on any atom is -0.492 e. The maximum Gasteiger partial charge on any atom is 0.220 e. The summed E-state index contributed by atoms with van der Waals surface area (Å²) in [5.41, 5.74) is 0.764. The van der Waals surface area contributed by atoms with E-state index in [2.05, 4.69) is 10.3 Å². The molecule has 1 N–H and O–H groups in total. The van der Waals surface area contributed by atoms with Gasteiger partial charge >= 0.3 is 0 Å². The molecule has 27 heavy (non-hydrogen) atoms. The first-order valence-electron chi connectivity index (χ1n) is 8.46. The molecule has 0 spiro atoms. The normalized spacial score (nSPS) is 10.6. The smallest absolute Gasteiger partial charge is 0.220 e. The predicted octanol–water partition coefficient (Wildman–Crippen LogP) is 4.26. The highest BCUT2D eigenvalue weighted by Gasteiger charge is 2.11. The van der Waals surface area contributed by atoms with Crippen LogP contribution in [0.5, 0.6) is 5.75 Å². The Bertz CT molecular complexity index is 896. The fraction of sp³-hybridized carbons (Fsp3) is 0.200. The summed E-state index contributed by atoms with van der Waals surface area (Å²) in [5, 5.41) is 3.34. The van der Waals surface area contributed by atoms with E-state index in [4.69, 9.17) is 20.8 Å².